The molecule has 2 nitrogen and oxygen atoms in total. The predicted octanol–water partition coefficient (Wildman–Crippen LogP) is 2.33. The monoisotopic (exact) mass is 194 g/mol. The number of hydrogen-bond acceptors (Lipinski definition) is 2. The van der Waals surface area contributed by atoms with Crippen molar-refractivity contribution < 1.29 is 8.83 Å². The summed E-state index contributed by atoms with van der Waals surface area (Å²) in [5, 5.41) is 0. The Balaban J connectivity index is 2.29. The van der Waals surface area contributed by atoms with Gasteiger partial charge in [0, 0.05) is 7.92 Å². The van der Waals surface area contributed by atoms with Gasteiger partial charge in [-0.2, -0.15) is 0 Å². The fourth-order valence-electron chi connectivity index (χ4n) is 1.27. The lowest BCUT2D eigenvalue weighted by Crippen LogP contribution is -2.09. The summed E-state index contributed by atoms with van der Waals surface area (Å²) in [4.78, 5) is 0. The zero-order valence-electron chi connectivity index (χ0n) is 7.43. The van der Waals surface area contributed by atoms with Crippen molar-refractivity contribution in [2.75, 3.05) is 6.16 Å². The Morgan fingerprint density at radius 1 is 1.08 bits per heavy atom. The van der Waals surface area contributed by atoms with Crippen molar-refractivity contribution in [2.24, 2.45) is 0 Å². The molecule has 0 atom stereocenters. The number of furan rings is 2. The Morgan fingerprint density at radius 3 is 1.92 bits per heavy atom. The van der Waals surface area contributed by atoms with Crippen LogP contribution in [0.15, 0.2) is 45.6 Å². The third-order valence-electron chi connectivity index (χ3n) is 1.86. The van der Waals surface area contributed by atoms with Gasteiger partial charge in [0.2, 0.25) is 0 Å². The standard InChI is InChI=1S/C10H11O2P/c1-2-13(9-5-3-7-11-9)10-6-4-8-12-10/h3-8H,2H2,1H3. The molecule has 68 valence electrons. The van der Waals surface area contributed by atoms with Gasteiger partial charge in [-0.25, -0.2) is 0 Å². The molecule has 0 N–H and O–H groups in total. The SMILES string of the molecule is CCP(c1ccco1)c1ccco1. The van der Waals surface area contributed by atoms with Crippen molar-refractivity contribution in [2.45, 2.75) is 6.92 Å². The van der Waals surface area contributed by atoms with Crippen molar-refractivity contribution in [1.29, 1.82) is 0 Å². The third-order valence-corrected chi connectivity index (χ3v) is 4.07. The molecule has 0 spiro atoms. The molecule has 3 heteroatoms. The van der Waals surface area contributed by atoms with Gasteiger partial charge in [0.15, 0.2) is 0 Å². The third kappa shape index (κ3) is 1.68. The summed E-state index contributed by atoms with van der Waals surface area (Å²) in [5.74, 6) is 0. The van der Waals surface area contributed by atoms with Crippen LogP contribution in [0.2, 0.25) is 0 Å². The van der Waals surface area contributed by atoms with Crippen LogP contribution in [0, 0.1) is 0 Å². The Hall–Kier alpha value is -1.01. The summed E-state index contributed by atoms with van der Waals surface area (Å²) in [7, 11) is -0.408. The quantitative estimate of drug-likeness (QED) is 0.701. The second-order valence-corrected chi connectivity index (χ2v) is 5.02. The summed E-state index contributed by atoms with van der Waals surface area (Å²) < 4.78 is 10.8. The van der Waals surface area contributed by atoms with E-state index in [0.717, 1.165) is 17.2 Å². The van der Waals surface area contributed by atoms with Gasteiger partial charge in [-0.15, -0.1) is 0 Å². The molecule has 0 radical (unpaired) electrons. The molecule has 13 heavy (non-hydrogen) atoms. The van der Waals surface area contributed by atoms with E-state index in [4.69, 9.17) is 8.83 Å². The molecule has 0 aromatic carbocycles. The van der Waals surface area contributed by atoms with Gasteiger partial charge in [0.05, 0.1) is 12.5 Å². The molecule has 2 heterocycles. The Morgan fingerprint density at radius 2 is 1.62 bits per heavy atom. The van der Waals surface area contributed by atoms with Crippen LogP contribution < -0.4 is 11.0 Å². The predicted molar refractivity (Wildman–Crippen MR) is 54.1 cm³/mol. The van der Waals surface area contributed by atoms with Gasteiger partial charge in [-0.1, -0.05) is 6.92 Å². The number of rotatable bonds is 3. The van der Waals surface area contributed by atoms with Crippen LogP contribution >= 0.6 is 7.92 Å². The minimum absolute atomic E-state index is 0.408. The van der Waals surface area contributed by atoms with Crippen molar-refractivity contribution in [3.8, 4) is 0 Å². The summed E-state index contributed by atoms with van der Waals surface area (Å²) in [6, 6.07) is 7.86. The van der Waals surface area contributed by atoms with Crippen molar-refractivity contribution in [3.05, 3.63) is 36.8 Å². The summed E-state index contributed by atoms with van der Waals surface area (Å²) in [6.07, 6.45) is 4.48. The largest absolute Gasteiger partial charge is 0.464 e. The molecule has 2 aromatic rings. The van der Waals surface area contributed by atoms with Crippen LogP contribution in [0.3, 0.4) is 0 Å². The van der Waals surface area contributed by atoms with Crippen molar-refractivity contribution >= 4 is 18.9 Å². The second kappa shape index (κ2) is 3.80. The zero-order valence-corrected chi connectivity index (χ0v) is 8.33. The molecule has 0 aliphatic heterocycles. The fourth-order valence-corrected chi connectivity index (χ4v) is 3.02. The molecule has 0 bridgehead atoms. The highest BCUT2D eigenvalue weighted by atomic mass is 31.1. The zero-order chi connectivity index (χ0) is 9.10. The van der Waals surface area contributed by atoms with E-state index in [1.54, 1.807) is 12.5 Å². The average Bonchev–Trinajstić information content (AvgIpc) is 2.76. The Bertz CT molecular complexity index is 303. The van der Waals surface area contributed by atoms with Gasteiger partial charge in [0.1, 0.15) is 11.0 Å². The Labute approximate surface area is 78.3 Å². The maximum atomic E-state index is 5.38. The highest BCUT2D eigenvalue weighted by Gasteiger charge is 2.16. The van der Waals surface area contributed by atoms with Gasteiger partial charge in [-0.3, -0.25) is 0 Å². The maximum Gasteiger partial charge on any atom is 0.133 e. The first kappa shape index (κ1) is 8.58. The minimum Gasteiger partial charge on any atom is -0.464 e. The normalized spacial score (nSPS) is 10.9. The van der Waals surface area contributed by atoms with E-state index in [2.05, 4.69) is 6.92 Å². The van der Waals surface area contributed by atoms with Gasteiger partial charge in [-0.05, 0) is 30.4 Å². The molecule has 2 rings (SSSR count). The van der Waals surface area contributed by atoms with E-state index >= 15 is 0 Å². The molecule has 0 aliphatic carbocycles. The lowest BCUT2D eigenvalue weighted by atomic mass is 10.7. The fraction of sp³-hybridized carbons (Fsp3) is 0.200. The topological polar surface area (TPSA) is 26.3 Å². The summed E-state index contributed by atoms with van der Waals surface area (Å²) in [6.45, 7) is 2.15. The van der Waals surface area contributed by atoms with Crippen molar-refractivity contribution in [1.82, 2.24) is 0 Å². The molecule has 0 aliphatic rings. The molecule has 0 saturated carbocycles. The second-order valence-electron chi connectivity index (χ2n) is 2.65. The van der Waals surface area contributed by atoms with Gasteiger partial charge in [0.25, 0.3) is 0 Å². The van der Waals surface area contributed by atoms with Crippen molar-refractivity contribution in [3.63, 3.8) is 0 Å². The molecule has 0 saturated heterocycles. The molecule has 0 fully saturated rings. The molecule has 2 aromatic heterocycles. The Kier molecular flexibility index (Phi) is 2.51. The van der Waals surface area contributed by atoms with E-state index in [-0.39, 0.29) is 0 Å². The summed E-state index contributed by atoms with van der Waals surface area (Å²) in [5.41, 5.74) is 2.07. The molecular formula is C10H11O2P. The van der Waals surface area contributed by atoms with Gasteiger partial charge < -0.3 is 8.83 Å². The first-order valence-electron chi connectivity index (χ1n) is 4.26. The molecular weight excluding hydrogens is 183 g/mol. The maximum absolute atomic E-state index is 5.38. The van der Waals surface area contributed by atoms with Gasteiger partial charge >= 0.3 is 0 Å². The van der Waals surface area contributed by atoms with E-state index in [1.165, 1.54) is 0 Å². The van der Waals surface area contributed by atoms with E-state index in [9.17, 15) is 0 Å². The van der Waals surface area contributed by atoms with Crippen LogP contribution in [0.5, 0.6) is 0 Å². The van der Waals surface area contributed by atoms with Crippen LogP contribution in [-0.2, 0) is 0 Å². The van der Waals surface area contributed by atoms with E-state index < -0.39 is 7.92 Å². The first-order chi connectivity index (χ1) is 6.42. The number of hydrogen-bond donors (Lipinski definition) is 0. The molecule has 0 amide bonds. The minimum atomic E-state index is -0.408. The average molecular weight is 194 g/mol. The first-order valence-corrected chi connectivity index (χ1v) is 5.79. The van der Waals surface area contributed by atoms with Crippen LogP contribution in [0.4, 0.5) is 0 Å². The lowest BCUT2D eigenvalue weighted by molar-refractivity contribution is 0.592. The highest BCUT2D eigenvalue weighted by molar-refractivity contribution is 7.72. The lowest BCUT2D eigenvalue weighted by Gasteiger charge is -2.08. The van der Waals surface area contributed by atoms with Crippen LogP contribution in [0.25, 0.3) is 0 Å². The van der Waals surface area contributed by atoms with Crippen LogP contribution in [0.1, 0.15) is 6.92 Å². The van der Waals surface area contributed by atoms with Crippen LogP contribution in [-0.4, -0.2) is 6.16 Å². The summed E-state index contributed by atoms with van der Waals surface area (Å²) >= 11 is 0. The highest BCUT2D eigenvalue weighted by Crippen LogP contribution is 2.32. The smallest absolute Gasteiger partial charge is 0.133 e. The van der Waals surface area contributed by atoms with E-state index in [0.29, 0.717) is 0 Å². The van der Waals surface area contributed by atoms with E-state index in [1.807, 2.05) is 24.3 Å². The molecule has 0 unspecified atom stereocenters.